The van der Waals surface area contributed by atoms with Crippen LogP contribution < -0.4 is 10.6 Å². The molecule has 0 radical (unpaired) electrons. The number of nitrogens with one attached hydrogen (secondary N) is 2. The third kappa shape index (κ3) is 5.20. The Morgan fingerprint density at radius 1 is 0.926 bits per heavy atom. The van der Waals surface area contributed by atoms with Gasteiger partial charge in [-0.25, -0.2) is 0 Å². The van der Waals surface area contributed by atoms with E-state index < -0.39 is 0 Å². The molecule has 0 unspecified atom stereocenters. The molecule has 0 saturated heterocycles. The van der Waals surface area contributed by atoms with Gasteiger partial charge in [-0.05, 0) is 41.6 Å². The number of hydrogen-bond acceptors (Lipinski definition) is 2. The highest BCUT2D eigenvalue weighted by Crippen LogP contribution is 2.15. The number of para-hydroxylation sites is 1. The molecular weight excluding hydrogens is 338 g/mol. The van der Waals surface area contributed by atoms with Crippen LogP contribution in [-0.4, -0.2) is 16.4 Å². The van der Waals surface area contributed by atoms with Crippen molar-refractivity contribution in [2.45, 2.75) is 39.3 Å². The molecular formula is C22H25N3O2. The van der Waals surface area contributed by atoms with Gasteiger partial charge in [-0.15, -0.1) is 0 Å². The van der Waals surface area contributed by atoms with Crippen LogP contribution in [0.3, 0.4) is 0 Å². The number of aryl methyl sites for hydroxylation is 1. The van der Waals surface area contributed by atoms with Crippen molar-refractivity contribution in [1.29, 1.82) is 0 Å². The van der Waals surface area contributed by atoms with Crippen LogP contribution in [0, 0.1) is 0 Å². The second-order valence-electron chi connectivity index (χ2n) is 6.59. The first-order chi connectivity index (χ1) is 13.2. The van der Waals surface area contributed by atoms with Crippen molar-refractivity contribution in [2.75, 3.05) is 5.32 Å². The summed E-state index contributed by atoms with van der Waals surface area (Å²) in [6.07, 6.45) is 3.80. The van der Waals surface area contributed by atoms with Gasteiger partial charge in [0.25, 0.3) is 0 Å². The van der Waals surface area contributed by atoms with Crippen LogP contribution in [0.15, 0.2) is 60.8 Å². The minimum absolute atomic E-state index is 0.0214. The fraction of sp³-hybridized carbons (Fsp3) is 0.273. The lowest BCUT2D eigenvalue weighted by Gasteiger charge is -2.09. The van der Waals surface area contributed by atoms with Gasteiger partial charge >= 0.3 is 0 Å². The highest BCUT2D eigenvalue weighted by Gasteiger charge is 2.05. The Morgan fingerprint density at radius 3 is 2.48 bits per heavy atom. The Hall–Kier alpha value is -3.08. The number of benzene rings is 2. The van der Waals surface area contributed by atoms with Crippen LogP contribution in [0.5, 0.6) is 0 Å². The first-order valence-electron chi connectivity index (χ1n) is 9.35. The van der Waals surface area contributed by atoms with E-state index in [4.69, 9.17) is 0 Å². The van der Waals surface area contributed by atoms with Crippen LogP contribution in [0.2, 0.25) is 0 Å². The third-order valence-corrected chi connectivity index (χ3v) is 4.46. The molecule has 1 aromatic heterocycles. The Balaban J connectivity index is 1.45. The quantitative estimate of drug-likeness (QED) is 0.633. The van der Waals surface area contributed by atoms with Crippen LogP contribution >= 0.6 is 0 Å². The molecule has 0 aliphatic rings. The summed E-state index contributed by atoms with van der Waals surface area (Å²) in [7, 11) is 0. The zero-order valence-electron chi connectivity index (χ0n) is 15.6. The molecule has 0 aliphatic carbocycles. The Bertz CT molecular complexity index is 913. The van der Waals surface area contributed by atoms with Gasteiger partial charge in [0.15, 0.2) is 0 Å². The first-order valence-corrected chi connectivity index (χ1v) is 9.35. The van der Waals surface area contributed by atoms with E-state index in [1.807, 2.05) is 49.5 Å². The summed E-state index contributed by atoms with van der Waals surface area (Å²) in [6.45, 7) is 3.11. The molecule has 5 heteroatoms. The van der Waals surface area contributed by atoms with Crippen molar-refractivity contribution >= 4 is 28.4 Å². The molecule has 1 heterocycles. The highest BCUT2D eigenvalue weighted by atomic mass is 16.2. The maximum absolute atomic E-state index is 12.2. The van der Waals surface area contributed by atoms with E-state index in [2.05, 4.69) is 33.4 Å². The topological polar surface area (TPSA) is 63.1 Å². The molecule has 140 valence electrons. The van der Waals surface area contributed by atoms with Crippen molar-refractivity contribution in [3.05, 3.63) is 66.4 Å². The van der Waals surface area contributed by atoms with E-state index in [1.165, 1.54) is 5.39 Å². The summed E-state index contributed by atoms with van der Waals surface area (Å²) >= 11 is 0. The van der Waals surface area contributed by atoms with Gasteiger partial charge in [-0.1, -0.05) is 37.3 Å². The normalized spacial score (nSPS) is 10.7. The minimum atomic E-state index is 0.0214. The van der Waals surface area contributed by atoms with Crippen LogP contribution in [0.25, 0.3) is 10.9 Å². The Kier molecular flexibility index (Phi) is 6.26. The number of rotatable bonds is 8. The molecule has 27 heavy (non-hydrogen) atoms. The number of amides is 2. The minimum Gasteiger partial charge on any atom is -0.352 e. The number of nitrogens with zero attached hydrogens (tertiary/aromatic N) is 1. The molecule has 2 amide bonds. The Morgan fingerprint density at radius 2 is 1.70 bits per heavy atom. The van der Waals surface area contributed by atoms with E-state index in [9.17, 15) is 9.59 Å². The van der Waals surface area contributed by atoms with E-state index in [1.54, 1.807) is 0 Å². The van der Waals surface area contributed by atoms with Crippen molar-refractivity contribution in [1.82, 2.24) is 9.88 Å². The average molecular weight is 363 g/mol. The molecule has 0 saturated carbocycles. The Labute approximate surface area is 159 Å². The van der Waals surface area contributed by atoms with Gasteiger partial charge in [0.1, 0.15) is 0 Å². The molecule has 2 N–H and O–H groups in total. The second kappa shape index (κ2) is 9.03. The molecule has 3 aromatic rings. The van der Waals surface area contributed by atoms with Crippen LogP contribution in [0.4, 0.5) is 5.69 Å². The van der Waals surface area contributed by atoms with Crippen LogP contribution in [-0.2, 0) is 22.7 Å². The van der Waals surface area contributed by atoms with Gasteiger partial charge in [0.05, 0.1) is 0 Å². The summed E-state index contributed by atoms with van der Waals surface area (Å²) in [6, 6.07) is 17.8. The molecule has 0 spiro atoms. The van der Waals surface area contributed by atoms with Gasteiger partial charge in [-0.2, -0.15) is 0 Å². The molecule has 5 nitrogen and oxygen atoms in total. The first kappa shape index (κ1) is 18.7. The summed E-state index contributed by atoms with van der Waals surface area (Å²) in [5.74, 6) is 0.0456. The van der Waals surface area contributed by atoms with Gasteiger partial charge in [0, 0.05) is 43.3 Å². The number of carbonyl (C=O) groups excluding carboxylic acids is 2. The lowest BCUT2D eigenvalue weighted by molar-refractivity contribution is -0.121. The summed E-state index contributed by atoms with van der Waals surface area (Å²) in [5.41, 5.74) is 2.93. The van der Waals surface area contributed by atoms with Gasteiger partial charge < -0.3 is 15.2 Å². The largest absolute Gasteiger partial charge is 0.352 e. The van der Waals surface area contributed by atoms with Gasteiger partial charge in [0.2, 0.25) is 11.8 Å². The molecule has 2 aromatic carbocycles. The fourth-order valence-corrected chi connectivity index (χ4v) is 3.00. The van der Waals surface area contributed by atoms with Crippen molar-refractivity contribution in [3.63, 3.8) is 0 Å². The van der Waals surface area contributed by atoms with Crippen molar-refractivity contribution < 1.29 is 9.59 Å². The lowest BCUT2D eigenvalue weighted by Crippen LogP contribution is -2.23. The lowest BCUT2D eigenvalue weighted by atomic mass is 10.2. The zero-order valence-corrected chi connectivity index (χ0v) is 15.6. The maximum Gasteiger partial charge on any atom is 0.224 e. The second-order valence-corrected chi connectivity index (χ2v) is 6.59. The number of anilines is 1. The predicted molar refractivity (Wildman–Crippen MR) is 108 cm³/mol. The molecule has 0 aliphatic heterocycles. The third-order valence-electron chi connectivity index (χ3n) is 4.46. The van der Waals surface area contributed by atoms with Crippen molar-refractivity contribution in [2.24, 2.45) is 0 Å². The number of hydrogen-bond donors (Lipinski definition) is 2. The van der Waals surface area contributed by atoms with Gasteiger partial charge in [-0.3, -0.25) is 9.59 Å². The summed E-state index contributed by atoms with van der Waals surface area (Å²) < 4.78 is 2.10. The number of carbonyl (C=O) groups is 2. The summed E-state index contributed by atoms with van der Waals surface area (Å²) in [4.78, 5) is 23.7. The fourth-order valence-electron chi connectivity index (χ4n) is 3.00. The van der Waals surface area contributed by atoms with E-state index in [0.29, 0.717) is 25.9 Å². The van der Waals surface area contributed by atoms with E-state index in [0.717, 1.165) is 23.2 Å². The number of fused-ring (bicyclic) bond motifs is 1. The standard InChI is InChI=1S/C22H25N3O2/c1-2-5-22(27)24-19-10-8-17(9-11-19)16-23-21(26)13-15-25-14-12-18-6-3-4-7-20(18)25/h3-4,6-12,14H,2,5,13,15-16H2,1H3,(H,23,26)(H,24,27). The molecule has 3 rings (SSSR count). The molecule has 0 fully saturated rings. The van der Waals surface area contributed by atoms with Crippen LogP contribution in [0.1, 0.15) is 31.7 Å². The highest BCUT2D eigenvalue weighted by molar-refractivity contribution is 5.90. The average Bonchev–Trinajstić information content (AvgIpc) is 3.09. The molecule has 0 atom stereocenters. The number of aromatic nitrogens is 1. The summed E-state index contributed by atoms with van der Waals surface area (Å²) in [5, 5.41) is 6.99. The maximum atomic E-state index is 12.2. The predicted octanol–water partition coefficient (Wildman–Crippen LogP) is 4.09. The van der Waals surface area contributed by atoms with E-state index in [-0.39, 0.29) is 11.8 Å². The smallest absolute Gasteiger partial charge is 0.224 e. The SMILES string of the molecule is CCCC(=O)Nc1ccc(CNC(=O)CCn2ccc3ccccc32)cc1. The van der Waals surface area contributed by atoms with E-state index >= 15 is 0 Å². The zero-order chi connectivity index (χ0) is 19.1. The molecule has 0 bridgehead atoms. The van der Waals surface area contributed by atoms with Crippen molar-refractivity contribution in [3.8, 4) is 0 Å². The monoisotopic (exact) mass is 363 g/mol.